The number of rotatable bonds is 3. The van der Waals surface area contributed by atoms with Crippen molar-refractivity contribution < 1.29 is 19.8 Å². The highest BCUT2D eigenvalue weighted by molar-refractivity contribution is 6.00. The van der Waals surface area contributed by atoms with Gasteiger partial charge in [0, 0.05) is 0 Å². The number of carbonyl (C=O) groups excluding carboxylic acids is 2. The van der Waals surface area contributed by atoms with E-state index in [2.05, 4.69) is 5.32 Å². The molecule has 0 aliphatic rings. The SMILES string of the molecule is CC(C)(NC(=O)c1cc(O)ccc1O)C(N)=O. The number of amides is 2. The van der Waals surface area contributed by atoms with Crippen LogP contribution in [0.2, 0.25) is 0 Å². The first-order valence-electron chi connectivity index (χ1n) is 4.88. The van der Waals surface area contributed by atoms with E-state index in [-0.39, 0.29) is 17.1 Å². The smallest absolute Gasteiger partial charge is 0.256 e. The molecule has 0 aromatic heterocycles. The van der Waals surface area contributed by atoms with E-state index in [1.54, 1.807) is 0 Å². The molecule has 0 saturated carbocycles. The Kier molecular flexibility index (Phi) is 3.26. The van der Waals surface area contributed by atoms with Crippen LogP contribution in [0.15, 0.2) is 18.2 Å². The molecule has 0 fully saturated rings. The molecule has 0 atom stereocenters. The molecule has 0 unspecified atom stereocenters. The highest BCUT2D eigenvalue weighted by Crippen LogP contribution is 2.22. The number of nitrogens with two attached hydrogens (primary N) is 1. The summed E-state index contributed by atoms with van der Waals surface area (Å²) in [6, 6.07) is 3.52. The van der Waals surface area contributed by atoms with Gasteiger partial charge in [0.05, 0.1) is 5.56 Å². The maximum Gasteiger partial charge on any atom is 0.256 e. The topological polar surface area (TPSA) is 113 Å². The number of primary amides is 1. The van der Waals surface area contributed by atoms with Gasteiger partial charge < -0.3 is 21.3 Å². The lowest BCUT2D eigenvalue weighted by Crippen LogP contribution is -2.53. The fourth-order valence-electron chi connectivity index (χ4n) is 1.12. The zero-order valence-electron chi connectivity index (χ0n) is 9.52. The van der Waals surface area contributed by atoms with E-state index in [9.17, 15) is 19.8 Å². The standard InChI is InChI=1S/C11H14N2O4/c1-11(2,10(12)17)13-9(16)7-5-6(14)3-4-8(7)15/h3-5,14-15H,1-2H3,(H2,12,17)(H,13,16). The Morgan fingerprint density at radius 1 is 1.29 bits per heavy atom. The van der Waals surface area contributed by atoms with Crippen molar-refractivity contribution in [2.75, 3.05) is 0 Å². The lowest BCUT2D eigenvalue weighted by molar-refractivity contribution is -0.122. The van der Waals surface area contributed by atoms with Crippen molar-refractivity contribution in [2.45, 2.75) is 19.4 Å². The van der Waals surface area contributed by atoms with Crippen LogP contribution >= 0.6 is 0 Å². The van der Waals surface area contributed by atoms with Crippen molar-refractivity contribution in [3.63, 3.8) is 0 Å². The fourth-order valence-corrected chi connectivity index (χ4v) is 1.12. The maximum absolute atomic E-state index is 11.7. The predicted molar refractivity (Wildman–Crippen MR) is 60.5 cm³/mol. The van der Waals surface area contributed by atoms with Crippen LogP contribution in [0.5, 0.6) is 11.5 Å². The van der Waals surface area contributed by atoms with Crippen LogP contribution < -0.4 is 11.1 Å². The molecule has 17 heavy (non-hydrogen) atoms. The number of aromatic hydroxyl groups is 2. The minimum atomic E-state index is -1.24. The van der Waals surface area contributed by atoms with Gasteiger partial charge in [-0.1, -0.05) is 0 Å². The van der Waals surface area contributed by atoms with Gasteiger partial charge in [-0.15, -0.1) is 0 Å². The Labute approximate surface area is 98.1 Å². The Balaban J connectivity index is 2.98. The van der Waals surface area contributed by atoms with Crippen molar-refractivity contribution in [1.29, 1.82) is 0 Å². The van der Waals surface area contributed by atoms with E-state index < -0.39 is 17.4 Å². The summed E-state index contributed by atoms with van der Waals surface area (Å²) >= 11 is 0. The molecule has 0 heterocycles. The average Bonchev–Trinajstić information content (AvgIpc) is 2.20. The van der Waals surface area contributed by atoms with Crippen LogP contribution in [0.4, 0.5) is 0 Å². The number of phenols is 2. The monoisotopic (exact) mass is 238 g/mol. The van der Waals surface area contributed by atoms with Crippen molar-refractivity contribution >= 4 is 11.8 Å². The second-order valence-electron chi connectivity index (χ2n) is 4.14. The van der Waals surface area contributed by atoms with E-state index >= 15 is 0 Å². The molecule has 0 spiro atoms. The van der Waals surface area contributed by atoms with Crippen molar-refractivity contribution in [2.24, 2.45) is 5.73 Å². The molecule has 0 bridgehead atoms. The van der Waals surface area contributed by atoms with Crippen molar-refractivity contribution in [3.8, 4) is 11.5 Å². The highest BCUT2D eigenvalue weighted by atomic mass is 16.3. The van der Waals surface area contributed by atoms with Gasteiger partial charge in [0.25, 0.3) is 5.91 Å². The first-order valence-corrected chi connectivity index (χ1v) is 4.88. The summed E-state index contributed by atoms with van der Waals surface area (Å²) in [6.45, 7) is 2.88. The first-order chi connectivity index (χ1) is 7.74. The van der Waals surface area contributed by atoms with Crippen LogP contribution in [-0.4, -0.2) is 27.6 Å². The molecule has 6 nitrogen and oxygen atoms in total. The van der Waals surface area contributed by atoms with Gasteiger partial charge in [0.2, 0.25) is 5.91 Å². The van der Waals surface area contributed by atoms with Crippen LogP contribution in [0.1, 0.15) is 24.2 Å². The van der Waals surface area contributed by atoms with Gasteiger partial charge >= 0.3 is 0 Å². The summed E-state index contributed by atoms with van der Waals surface area (Å²) in [6.07, 6.45) is 0. The second-order valence-corrected chi connectivity index (χ2v) is 4.14. The van der Waals surface area contributed by atoms with Crippen LogP contribution in [-0.2, 0) is 4.79 Å². The number of phenolic OH excluding ortho intramolecular Hbond substituents is 2. The van der Waals surface area contributed by atoms with Gasteiger partial charge in [-0.05, 0) is 32.0 Å². The molecule has 2 amide bonds. The average molecular weight is 238 g/mol. The molecule has 0 aliphatic carbocycles. The minimum absolute atomic E-state index is 0.126. The first kappa shape index (κ1) is 12.8. The van der Waals surface area contributed by atoms with Gasteiger partial charge in [-0.25, -0.2) is 0 Å². The van der Waals surface area contributed by atoms with Crippen molar-refractivity contribution in [3.05, 3.63) is 23.8 Å². The number of benzene rings is 1. The summed E-state index contributed by atoms with van der Waals surface area (Å²) < 4.78 is 0. The quantitative estimate of drug-likeness (QED) is 0.559. The lowest BCUT2D eigenvalue weighted by atomic mass is 10.0. The number of carbonyl (C=O) groups is 2. The third-order valence-corrected chi connectivity index (χ3v) is 2.27. The van der Waals surface area contributed by atoms with E-state index in [4.69, 9.17) is 5.73 Å². The maximum atomic E-state index is 11.7. The lowest BCUT2D eigenvalue weighted by Gasteiger charge is -2.22. The third-order valence-electron chi connectivity index (χ3n) is 2.27. The molecule has 1 aromatic rings. The van der Waals surface area contributed by atoms with Gasteiger partial charge in [0.15, 0.2) is 0 Å². The summed E-state index contributed by atoms with van der Waals surface area (Å²) in [5, 5.41) is 21.0. The zero-order chi connectivity index (χ0) is 13.2. The molecular formula is C11H14N2O4. The van der Waals surface area contributed by atoms with E-state index in [0.29, 0.717) is 0 Å². The van der Waals surface area contributed by atoms with Gasteiger partial charge in [0.1, 0.15) is 17.0 Å². The molecule has 0 saturated heterocycles. The van der Waals surface area contributed by atoms with Gasteiger partial charge in [-0.3, -0.25) is 9.59 Å². The fraction of sp³-hybridized carbons (Fsp3) is 0.273. The molecule has 1 aromatic carbocycles. The summed E-state index contributed by atoms with van der Waals surface area (Å²) in [4.78, 5) is 22.8. The molecular weight excluding hydrogens is 224 g/mol. The zero-order valence-corrected chi connectivity index (χ0v) is 9.52. The van der Waals surface area contributed by atoms with E-state index in [1.165, 1.54) is 26.0 Å². The number of hydrogen-bond donors (Lipinski definition) is 4. The molecule has 0 radical (unpaired) electrons. The Hall–Kier alpha value is -2.24. The summed E-state index contributed by atoms with van der Waals surface area (Å²) in [5.41, 5.74) is 3.73. The number of hydrogen-bond acceptors (Lipinski definition) is 4. The molecule has 6 heteroatoms. The predicted octanol–water partition coefficient (Wildman–Crippen LogP) is 0.0915. The second kappa shape index (κ2) is 4.32. The summed E-state index contributed by atoms with van der Waals surface area (Å²) in [5.74, 6) is -1.85. The van der Waals surface area contributed by atoms with Crippen LogP contribution in [0.25, 0.3) is 0 Å². The van der Waals surface area contributed by atoms with Crippen molar-refractivity contribution in [1.82, 2.24) is 5.32 Å². The molecule has 1 rings (SSSR count). The third kappa shape index (κ3) is 2.87. The van der Waals surface area contributed by atoms with Crippen LogP contribution in [0.3, 0.4) is 0 Å². The van der Waals surface area contributed by atoms with E-state index in [0.717, 1.165) is 6.07 Å². The number of nitrogens with one attached hydrogen (secondary N) is 1. The Morgan fingerprint density at radius 3 is 2.41 bits per heavy atom. The summed E-state index contributed by atoms with van der Waals surface area (Å²) in [7, 11) is 0. The van der Waals surface area contributed by atoms with Gasteiger partial charge in [-0.2, -0.15) is 0 Å². The Morgan fingerprint density at radius 2 is 1.88 bits per heavy atom. The highest BCUT2D eigenvalue weighted by Gasteiger charge is 2.28. The molecule has 5 N–H and O–H groups in total. The molecule has 0 aliphatic heterocycles. The minimum Gasteiger partial charge on any atom is -0.508 e. The van der Waals surface area contributed by atoms with E-state index in [1.807, 2.05) is 0 Å². The normalized spacial score (nSPS) is 10.9. The molecule has 92 valence electrons. The Bertz CT molecular complexity index is 469. The largest absolute Gasteiger partial charge is 0.508 e. The van der Waals surface area contributed by atoms with Crippen LogP contribution in [0, 0.1) is 0 Å².